The summed E-state index contributed by atoms with van der Waals surface area (Å²) >= 11 is 0. The molecule has 5 N–H and O–H groups in total. The van der Waals surface area contributed by atoms with Gasteiger partial charge in [0.25, 0.3) is 5.91 Å². The molecule has 1 rings (SSSR count). The van der Waals surface area contributed by atoms with Crippen molar-refractivity contribution in [3.05, 3.63) is 35.4 Å². The summed E-state index contributed by atoms with van der Waals surface area (Å²) in [6.45, 7) is -0.122. The number of hydrogen-bond acceptors (Lipinski definition) is 4. The fourth-order valence-electron chi connectivity index (χ4n) is 1.42. The molecule has 0 heterocycles. The molecule has 0 saturated carbocycles. The van der Waals surface area contributed by atoms with E-state index in [0.29, 0.717) is 12.1 Å². The van der Waals surface area contributed by atoms with Crippen LogP contribution in [0.4, 0.5) is 0 Å². The van der Waals surface area contributed by atoms with Gasteiger partial charge in [-0.2, -0.15) is 0 Å². The summed E-state index contributed by atoms with van der Waals surface area (Å²) in [6.07, 6.45) is 0.719. The molecule has 0 radical (unpaired) electrons. The summed E-state index contributed by atoms with van der Waals surface area (Å²) in [6, 6.07) is 5.42. The lowest BCUT2D eigenvalue weighted by Gasteiger charge is -2.11. The van der Waals surface area contributed by atoms with Gasteiger partial charge in [0.2, 0.25) is 0 Å². The van der Waals surface area contributed by atoms with Crippen LogP contribution in [0, 0.1) is 0 Å². The predicted octanol–water partition coefficient (Wildman–Crippen LogP) is -0.637. The first-order chi connectivity index (χ1) is 8.58. The van der Waals surface area contributed by atoms with Crippen LogP contribution >= 0.6 is 0 Å². The topological polar surface area (TPSA) is 113 Å². The van der Waals surface area contributed by atoms with E-state index >= 15 is 0 Å². The van der Waals surface area contributed by atoms with E-state index < -0.39 is 24.5 Å². The Hall–Kier alpha value is -1.92. The summed E-state index contributed by atoms with van der Waals surface area (Å²) in [5.41, 5.74) is 6.75. The molecule has 0 aromatic heterocycles. The number of hydrogen-bond donors (Lipinski definition) is 4. The van der Waals surface area contributed by atoms with Crippen molar-refractivity contribution in [2.45, 2.75) is 12.5 Å². The molecule has 0 aliphatic rings. The zero-order chi connectivity index (χ0) is 13.5. The Kier molecular flexibility index (Phi) is 5.29. The molecule has 1 atom stereocenters. The number of aliphatic carboxylic acids is 1. The third-order valence-electron chi connectivity index (χ3n) is 2.44. The van der Waals surface area contributed by atoms with Gasteiger partial charge in [-0.05, 0) is 30.7 Å². The lowest BCUT2D eigenvalue weighted by atomic mass is 10.1. The number of aliphatic hydroxyl groups excluding tert-OH is 1. The van der Waals surface area contributed by atoms with Gasteiger partial charge in [-0.25, -0.2) is 4.79 Å². The number of carboxylic acids is 1. The molecule has 0 aliphatic carbocycles. The van der Waals surface area contributed by atoms with Crippen molar-refractivity contribution in [1.82, 2.24) is 5.32 Å². The number of carboxylic acid groups (broad SMARTS) is 1. The molecular formula is C12H16N2O4. The van der Waals surface area contributed by atoms with Crippen molar-refractivity contribution in [2.24, 2.45) is 5.73 Å². The number of amides is 1. The molecule has 1 aromatic rings. The average Bonchev–Trinajstić information content (AvgIpc) is 2.36. The van der Waals surface area contributed by atoms with Gasteiger partial charge in [0, 0.05) is 5.56 Å². The predicted molar refractivity (Wildman–Crippen MR) is 65.2 cm³/mol. The van der Waals surface area contributed by atoms with Gasteiger partial charge in [-0.15, -0.1) is 0 Å². The smallest absolute Gasteiger partial charge is 0.328 e. The summed E-state index contributed by atoms with van der Waals surface area (Å²) < 4.78 is 0. The number of carbonyl (C=O) groups excluding carboxylic acids is 1. The minimum Gasteiger partial charge on any atom is -0.480 e. The van der Waals surface area contributed by atoms with Crippen molar-refractivity contribution in [1.29, 1.82) is 0 Å². The minimum atomic E-state index is -1.29. The highest BCUT2D eigenvalue weighted by Crippen LogP contribution is 2.05. The Labute approximate surface area is 104 Å². The van der Waals surface area contributed by atoms with Crippen molar-refractivity contribution in [3.8, 4) is 0 Å². The van der Waals surface area contributed by atoms with E-state index in [-0.39, 0.29) is 0 Å². The van der Waals surface area contributed by atoms with E-state index in [0.717, 1.165) is 12.0 Å². The molecule has 0 spiro atoms. The molecule has 1 aromatic carbocycles. The number of carbonyl (C=O) groups is 2. The van der Waals surface area contributed by atoms with Crippen LogP contribution in [0.3, 0.4) is 0 Å². The van der Waals surface area contributed by atoms with Crippen molar-refractivity contribution >= 4 is 11.9 Å². The van der Waals surface area contributed by atoms with E-state index in [2.05, 4.69) is 5.32 Å². The number of aliphatic hydroxyl groups is 1. The largest absolute Gasteiger partial charge is 0.480 e. The van der Waals surface area contributed by atoms with Crippen LogP contribution in [0.2, 0.25) is 0 Å². The normalized spacial score (nSPS) is 11.9. The quantitative estimate of drug-likeness (QED) is 0.538. The number of benzene rings is 1. The van der Waals surface area contributed by atoms with Gasteiger partial charge in [-0.1, -0.05) is 12.1 Å². The van der Waals surface area contributed by atoms with Crippen LogP contribution in [0.5, 0.6) is 0 Å². The van der Waals surface area contributed by atoms with Crippen LogP contribution in [-0.2, 0) is 11.2 Å². The Balaban J connectivity index is 2.69. The van der Waals surface area contributed by atoms with E-state index in [1.807, 2.05) is 0 Å². The third kappa shape index (κ3) is 3.83. The van der Waals surface area contributed by atoms with Crippen LogP contribution < -0.4 is 11.1 Å². The van der Waals surface area contributed by atoms with Crippen LogP contribution in [0.15, 0.2) is 24.3 Å². The molecule has 6 heteroatoms. The SMILES string of the molecule is NCCc1ccc(C(=O)NC(CO)C(=O)O)cc1. The van der Waals surface area contributed by atoms with E-state index in [1.54, 1.807) is 24.3 Å². The maximum atomic E-state index is 11.7. The van der Waals surface area contributed by atoms with Crippen LogP contribution in [-0.4, -0.2) is 41.3 Å². The Morgan fingerprint density at radius 3 is 2.33 bits per heavy atom. The van der Waals surface area contributed by atoms with Gasteiger partial charge in [0.05, 0.1) is 6.61 Å². The summed E-state index contributed by atoms with van der Waals surface area (Å²) in [7, 11) is 0. The van der Waals surface area contributed by atoms with Crippen LogP contribution in [0.1, 0.15) is 15.9 Å². The minimum absolute atomic E-state index is 0.343. The molecule has 18 heavy (non-hydrogen) atoms. The second-order valence-electron chi connectivity index (χ2n) is 3.78. The van der Waals surface area contributed by atoms with E-state index in [1.165, 1.54) is 0 Å². The summed E-state index contributed by atoms with van der Waals surface area (Å²) in [4.78, 5) is 22.3. The Morgan fingerprint density at radius 2 is 1.89 bits per heavy atom. The maximum absolute atomic E-state index is 11.7. The van der Waals surface area contributed by atoms with Gasteiger partial charge in [0.15, 0.2) is 6.04 Å². The second kappa shape index (κ2) is 6.73. The van der Waals surface area contributed by atoms with E-state index in [4.69, 9.17) is 15.9 Å². The zero-order valence-corrected chi connectivity index (χ0v) is 9.80. The first-order valence-electron chi connectivity index (χ1n) is 5.52. The average molecular weight is 252 g/mol. The lowest BCUT2D eigenvalue weighted by molar-refractivity contribution is -0.140. The number of nitrogens with one attached hydrogen (secondary N) is 1. The maximum Gasteiger partial charge on any atom is 0.328 e. The van der Waals surface area contributed by atoms with E-state index in [9.17, 15) is 9.59 Å². The first-order valence-corrected chi connectivity index (χ1v) is 5.52. The standard InChI is InChI=1S/C12H16N2O4/c13-6-5-8-1-3-9(4-2-8)11(16)14-10(7-15)12(17)18/h1-4,10,15H,5-7,13H2,(H,14,16)(H,17,18). The summed E-state index contributed by atoms with van der Waals surface area (Å²) in [5, 5.41) is 19.7. The Morgan fingerprint density at radius 1 is 1.28 bits per heavy atom. The zero-order valence-electron chi connectivity index (χ0n) is 9.80. The van der Waals surface area contributed by atoms with Gasteiger partial charge in [0.1, 0.15) is 0 Å². The highest BCUT2D eigenvalue weighted by molar-refractivity contribution is 5.96. The molecule has 0 aliphatic heterocycles. The number of rotatable bonds is 6. The summed E-state index contributed by atoms with van der Waals surface area (Å²) in [5.74, 6) is -1.80. The highest BCUT2D eigenvalue weighted by Gasteiger charge is 2.19. The van der Waals surface area contributed by atoms with Gasteiger partial charge >= 0.3 is 5.97 Å². The fraction of sp³-hybridized carbons (Fsp3) is 0.333. The van der Waals surface area contributed by atoms with Crippen molar-refractivity contribution in [2.75, 3.05) is 13.2 Å². The molecule has 6 nitrogen and oxygen atoms in total. The van der Waals surface area contributed by atoms with Crippen LogP contribution in [0.25, 0.3) is 0 Å². The molecule has 0 saturated heterocycles. The number of nitrogens with two attached hydrogens (primary N) is 1. The highest BCUT2D eigenvalue weighted by atomic mass is 16.4. The van der Waals surface area contributed by atoms with Crippen molar-refractivity contribution in [3.63, 3.8) is 0 Å². The van der Waals surface area contributed by atoms with Gasteiger partial charge in [-0.3, -0.25) is 4.79 Å². The molecule has 0 bridgehead atoms. The molecule has 1 amide bonds. The first kappa shape index (κ1) is 14.1. The molecule has 98 valence electrons. The molecular weight excluding hydrogens is 236 g/mol. The lowest BCUT2D eigenvalue weighted by Crippen LogP contribution is -2.43. The Bertz CT molecular complexity index is 417. The third-order valence-corrected chi connectivity index (χ3v) is 2.44. The van der Waals surface area contributed by atoms with Gasteiger partial charge < -0.3 is 21.3 Å². The second-order valence-corrected chi connectivity index (χ2v) is 3.78. The van der Waals surface area contributed by atoms with Crippen molar-refractivity contribution < 1.29 is 19.8 Å². The monoisotopic (exact) mass is 252 g/mol. The molecule has 0 fully saturated rings. The molecule has 1 unspecified atom stereocenters. The fourth-order valence-corrected chi connectivity index (χ4v) is 1.42.